The van der Waals surface area contributed by atoms with E-state index in [4.69, 9.17) is 16.3 Å². The number of halogens is 1. The molecule has 0 spiro atoms. The van der Waals surface area contributed by atoms with Gasteiger partial charge in [-0.15, -0.1) is 0 Å². The molecule has 2 N–H and O–H groups in total. The van der Waals surface area contributed by atoms with Crippen LogP contribution in [0.1, 0.15) is 11.1 Å². The molecule has 2 amide bonds. The van der Waals surface area contributed by atoms with Crippen molar-refractivity contribution in [1.82, 2.24) is 10.3 Å². The van der Waals surface area contributed by atoms with Gasteiger partial charge in [0.15, 0.2) is 0 Å². The van der Waals surface area contributed by atoms with Gasteiger partial charge >= 0.3 is 6.03 Å². The Labute approximate surface area is 128 Å². The molecule has 0 radical (unpaired) electrons. The second-order valence-electron chi connectivity index (χ2n) is 4.43. The molecule has 110 valence electrons. The van der Waals surface area contributed by atoms with Crippen molar-refractivity contribution in [3.63, 3.8) is 0 Å². The number of anilines is 1. The number of benzene rings is 1. The van der Waals surface area contributed by atoms with Crippen LogP contribution < -0.4 is 15.4 Å². The van der Waals surface area contributed by atoms with Crippen molar-refractivity contribution in [3.05, 3.63) is 52.7 Å². The van der Waals surface area contributed by atoms with Crippen molar-refractivity contribution in [2.24, 2.45) is 0 Å². The Kier molecular flexibility index (Phi) is 5.00. The molecule has 2 aromatic rings. The molecule has 5 nitrogen and oxygen atoms in total. The number of nitrogens with one attached hydrogen (secondary N) is 2. The van der Waals surface area contributed by atoms with Crippen LogP contribution in [0, 0.1) is 6.92 Å². The number of ether oxygens (including phenoxy) is 1. The third kappa shape index (κ3) is 4.10. The summed E-state index contributed by atoms with van der Waals surface area (Å²) < 4.78 is 5.03. The minimum Gasteiger partial charge on any atom is -0.481 e. The molecule has 21 heavy (non-hydrogen) atoms. The standard InChI is InChI=1S/C15H16ClN3O2/c1-10-12(16)4-3-5-13(10)19-15(20)18-9-11-6-7-17-14(8-11)21-2/h3-8H,9H2,1-2H3,(H2,18,19,20). The van der Waals surface area contributed by atoms with Crippen molar-refractivity contribution in [2.75, 3.05) is 12.4 Å². The first-order valence-electron chi connectivity index (χ1n) is 6.39. The van der Waals surface area contributed by atoms with Crippen LogP contribution in [-0.4, -0.2) is 18.1 Å². The smallest absolute Gasteiger partial charge is 0.319 e. The van der Waals surface area contributed by atoms with E-state index in [1.165, 1.54) is 0 Å². The Morgan fingerprint density at radius 2 is 2.19 bits per heavy atom. The molecule has 1 aromatic carbocycles. The van der Waals surface area contributed by atoms with E-state index in [9.17, 15) is 4.79 Å². The lowest BCUT2D eigenvalue weighted by Crippen LogP contribution is -2.28. The van der Waals surface area contributed by atoms with Gasteiger partial charge in [-0.25, -0.2) is 9.78 Å². The van der Waals surface area contributed by atoms with Crippen LogP contribution in [0.4, 0.5) is 10.5 Å². The number of hydrogen-bond acceptors (Lipinski definition) is 3. The van der Waals surface area contributed by atoms with E-state index in [1.807, 2.05) is 13.0 Å². The number of carbonyl (C=O) groups is 1. The largest absolute Gasteiger partial charge is 0.481 e. The van der Waals surface area contributed by atoms with Gasteiger partial charge in [-0.2, -0.15) is 0 Å². The van der Waals surface area contributed by atoms with Gasteiger partial charge in [0.1, 0.15) is 0 Å². The molecule has 0 aliphatic heterocycles. The average molecular weight is 306 g/mol. The number of nitrogens with zero attached hydrogens (tertiary/aromatic N) is 1. The maximum Gasteiger partial charge on any atom is 0.319 e. The van der Waals surface area contributed by atoms with Crippen molar-refractivity contribution < 1.29 is 9.53 Å². The Morgan fingerprint density at radius 1 is 1.38 bits per heavy atom. The summed E-state index contributed by atoms with van der Waals surface area (Å²) in [4.78, 5) is 15.9. The van der Waals surface area contributed by atoms with Gasteiger partial charge in [0, 0.05) is 29.5 Å². The molecule has 0 bridgehead atoms. The van der Waals surface area contributed by atoms with E-state index in [0.29, 0.717) is 23.1 Å². The molecular formula is C15H16ClN3O2. The number of rotatable bonds is 4. The van der Waals surface area contributed by atoms with Gasteiger partial charge in [0.25, 0.3) is 0 Å². The monoisotopic (exact) mass is 305 g/mol. The summed E-state index contributed by atoms with van der Waals surface area (Å²) in [7, 11) is 1.55. The summed E-state index contributed by atoms with van der Waals surface area (Å²) in [6.07, 6.45) is 1.63. The number of pyridine rings is 1. The highest BCUT2D eigenvalue weighted by Gasteiger charge is 2.06. The van der Waals surface area contributed by atoms with E-state index in [-0.39, 0.29) is 6.03 Å². The lowest BCUT2D eigenvalue weighted by Gasteiger charge is -2.11. The van der Waals surface area contributed by atoms with Crippen LogP contribution in [-0.2, 0) is 6.54 Å². The van der Waals surface area contributed by atoms with Gasteiger partial charge in [-0.3, -0.25) is 0 Å². The first-order valence-corrected chi connectivity index (χ1v) is 6.77. The highest BCUT2D eigenvalue weighted by molar-refractivity contribution is 6.31. The quantitative estimate of drug-likeness (QED) is 0.910. The van der Waals surface area contributed by atoms with Crippen LogP contribution in [0.3, 0.4) is 0 Å². The molecule has 0 aliphatic rings. The van der Waals surface area contributed by atoms with Gasteiger partial charge < -0.3 is 15.4 Å². The number of amides is 2. The number of urea groups is 1. The van der Waals surface area contributed by atoms with E-state index in [2.05, 4.69) is 15.6 Å². The molecule has 1 heterocycles. The third-order valence-electron chi connectivity index (χ3n) is 2.98. The lowest BCUT2D eigenvalue weighted by molar-refractivity contribution is 0.251. The summed E-state index contributed by atoms with van der Waals surface area (Å²) in [6.45, 7) is 2.23. The normalized spacial score (nSPS) is 10.0. The maximum absolute atomic E-state index is 11.9. The summed E-state index contributed by atoms with van der Waals surface area (Å²) >= 11 is 6.01. The first kappa shape index (κ1) is 15.1. The number of aromatic nitrogens is 1. The Bertz CT molecular complexity index is 647. The first-order chi connectivity index (χ1) is 10.1. The second kappa shape index (κ2) is 6.95. The van der Waals surface area contributed by atoms with Gasteiger partial charge in [0.05, 0.1) is 7.11 Å². The fourth-order valence-electron chi connectivity index (χ4n) is 1.76. The number of hydrogen-bond donors (Lipinski definition) is 2. The highest BCUT2D eigenvalue weighted by Crippen LogP contribution is 2.22. The number of carbonyl (C=O) groups excluding carboxylic acids is 1. The molecule has 2 rings (SSSR count). The van der Waals surface area contributed by atoms with Crippen molar-refractivity contribution >= 4 is 23.3 Å². The Balaban J connectivity index is 1.94. The van der Waals surface area contributed by atoms with Gasteiger partial charge in [-0.05, 0) is 36.2 Å². The maximum atomic E-state index is 11.9. The second-order valence-corrected chi connectivity index (χ2v) is 4.83. The van der Waals surface area contributed by atoms with Crippen LogP contribution in [0.15, 0.2) is 36.5 Å². The molecule has 6 heteroatoms. The van der Waals surface area contributed by atoms with Crippen LogP contribution in [0.25, 0.3) is 0 Å². The topological polar surface area (TPSA) is 63.2 Å². The van der Waals surface area contributed by atoms with E-state index >= 15 is 0 Å². The fraction of sp³-hybridized carbons (Fsp3) is 0.200. The van der Waals surface area contributed by atoms with Crippen LogP contribution in [0.5, 0.6) is 5.88 Å². The van der Waals surface area contributed by atoms with Crippen molar-refractivity contribution in [1.29, 1.82) is 0 Å². The van der Waals surface area contributed by atoms with Gasteiger partial charge in [-0.1, -0.05) is 17.7 Å². The van der Waals surface area contributed by atoms with Crippen molar-refractivity contribution in [3.8, 4) is 5.88 Å². The summed E-state index contributed by atoms with van der Waals surface area (Å²) in [5.41, 5.74) is 2.42. The van der Waals surface area contributed by atoms with E-state index in [1.54, 1.807) is 37.6 Å². The molecule has 0 unspecified atom stereocenters. The molecule has 0 atom stereocenters. The third-order valence-corrected chi connectivity index (χ3v) is 3.39. The number of methoxy groups -OCH3 is 1. The predicted molar refractivity (Wildman–Crippen MR) is 82.8 cm³/mol. The molecule has 0 fully saturated rings. The molecule has 1 aromatic heterocycles. The molecule has 0 saturated carbocycles. The van der Waals surface area contributed by atoms with Crippen LogP contribution >= 0.6 is 11.6 Å². The Hall–Kier alpha value is -2.27. The average Bonchev–Trinajstić information content (AvgIpc) is 2.50. The lowest BCUT2D eigenvalue weighted by atomic mass is 10.2. The summed E-state index contributed by atoms with van der Waals surface area (Å²) in [6, 6.07) is 8.66. The van der Waals surface area contributed by atoms with Gasteiger partial charge in [0.2, 0.25) is 5.88 Å². The molecular weight excluding hydrogens is 290 g/mol. The highest BCUT2D eigenvalue weighted by atomic mass is 35.5. The fourth-order valence-corrected chi connectivity index (χ4v) is 1.94. The molecule has 0 aliphatic carbocycles. The van der Waals surface area contributed by atoms with E-state index < -0.39 is 0 Å². The Morgan fingerprint density at radius 3 is 2.95 bits per heavy atom. The van der Waals surface area contributed by atoms with Crippen molar-refractivity contribution in [2.45, 2.75) is 13.5 Å². The summed E-state index contributed by atoms with van der Waals surface area (Å²) in [5.74, 6) is 0.514. The molecule has 0 saturated heterocycles. The summed E-state index contributed by atoms with van der Waals surface area (Å²) in [5, 5.41) is 6.15. The van der Waals surface area contributed by atoms with E-state index in [0.717, 1.165) is 11.1 Å². The zero-order valence-corrected chi connectivity index (χ0v) is 12.6. The zero-order valence-electron chi connectivity index (χ0n) is 11.8. The minimum absolute atomic E-state index is 0.295. The van der Waals surface area contributed by atoms with Crippen LogP contribution in [0.2, 0.25) is 5.02 Å². The SMILES string of the molecule is COc1cc(CNC(=O)Nc2cccc(Cl)c2C)ccn1. The predicted octanol–water partition coefficient (Wildman–Crippen LogP) is 3.37. The minimum atomic E-state index is -0.295. The zero-order chi connectivity index (χ0) is 15.2.